The number of nitrogens with two attached hydrogens (primary N) is 1. The molecule has 1 aliphatic heterocycles. The van der Waals surface area contributed by atoms with Gasteiger partial charge in [-0.15, -0.1) is 0 Å². The number of rotatable bonds is 3. The largest absolute Gasteiger partial charge is 0.488 e. The van der Waals surface area contributed by atoms with Crippen LogP contribution in [0.5, 0.6) is 5.75 Å². The van der Waals surface area contributed by atoms with E-state index in [2.05, 4.69) is 4.90 Å². The highest BCUT2D eigenvalue weighted by Crippen LogP contribution is 2.32. The number of halogens is 1. The first-order valence-corrected chi connectivity index (χ1v) is 7.14. The molecule has 0 saturated carbocycles. The average Bonchev–Trinajstić information content (AvgIpc) is 2.41. The number of hydrogen-bond acceptors (Lipinski definition) is 4. The van der Waals surface area contributed by atoms with Gasteiger partial charge in [0.1, 0.15) is 0 Å². The third kappa shape index (κ3) is 3.56. The lowest BCUT2D eigenvalue weighted by Crippen LogP contribution is -2.48. The molecule has 0 spiro atoms. The van der Waals surface area contributed by atoms with Crippen LogP contribution in [-0.2, 0) is 4.79 Å². The Bertz CT molecular complexity index is 526. The van der Waals surface area contributed by atoms with Crippen molar-refractivity contribution in [2.45, 2.75) is 26.9 Å². The second-order valence-corrected chi connectivity index (χ2v) is 5.50. The number of carbonyl (C=O) groups is 1. The van der Waals surface area contributed by atoms with Gasteiger partial charge >= 0.3 is 0 Å². The van der Waals surface area contributed by atoms with E-state index >= 15 is 0 Å². The van der Waals surface area contributed by atoms with Gasteiger partial charge in [-0.2, -0.15) is 0 Å². The molecule has 0 atom stereocenters. The third-order valence-corrected chi connectivity index (χ3v) is 3.51. The van der Waals surface area contributed by atoms with Crippen LogP contribution in [0.2, 0.25) is 0 Å². The van der Waals surface area contributed by atoms with Crippen LogP contribution in [0.15, 0.2) is 12.1 Å². The first-order valence-electron chi connectivity index (χ1n) is 7.14. The molecular formula is C15H22FN3O2. The molecule has 1 aromatic rings. The molecule has 2 rings (SSSR count). The van der Waals surface area contributed by atoms with Crippen molar-refractivity contribution in [2.75, 3.05) is 36.8 Å². The molecule has 6 heteroatoms. The molecule has 1 amide bonds. The molecule has 5 nitrogen and oxygen atoms in total. The number of ether oxygens (including phenoxy) is 1. The van der Waals surface area contributed by atoms with E-state index in [1.807, 2.05) is 13.8 Å². The summed E-state index contributed by atoms with van der Waals surface area (Å²) < 4.78 is 19.3. The zero-order chi connectivity index (χ0) is 15.6. The molecule has 0 unspecified atom stereocenters. The van der Waals surface area contributed by atoms with Crippen molar-refractivity contribution in [1.82, 2.24) is 4.90 Å². The molecule has 21 heavy (non-hydrogen) atoms. The molecule has 2 N–H and O–H groups in total. The number of nitrogens with zero attached hydrogens (tertiary/aromatic N) is 2. The van der Waals surface area contributed by atoms with Crippen LogP contribution in [0.1, 0.15) is 20.8 Å². The lowest BCUT2D eigenvalue weighted by Gasteiger charge is -2.36. The summed E-state index contributed by atoms with van der Waals surface area (Å²) in [6, 6.07) is 2.94. The predicted molar refractivity (Wildman–Crippen MR) is 81.0 cm³/mol. The normalized spacial score (nSPS) is 15.5. The van der Waals surface area contributed by atoms with Crippen LogP contribution in [0, 0.1) is 5.82 Å². The zero-order valence-electron chi connectivity index (χ0n) is 12.7. The number of carbonyl (C=O) groups excluding carboxylic acids is 1. The topological polar surface area (TPSA) is 58.8 Å². The van der Waals surface area contributed by atoms with Crippen LogP contribution in [0.3, 0.4) is 0 Å². The molecule has 1 heterocycles. The second-order valence-electron chi connectivity index (χ2n) is 5.50. The first kappa shape index (κ1) is 15.4. The summed E-state index contributed by atoms with van der Waals surface area (Å²) >= 11 is 0. The van der Waals surface area contributed by atoms with Crippen molar-refractivity contribution >= 4 is 17.3 Å². The van der Waals surface area contributed by atoms with Gasteiger partial charge < -0.3 is 20.3 Å². The van der Waals surface area contributed by atoms with E-state index in [0.717, 1.165) is 5.69 Å². The van der Waals surface area contributed by atoms with Gasteiger partial charge in [-0.05, 0) is 13.8 Å². The van der Waals surface area contributed by atoms with E-state index in [1.54, 1.807) is 17.9 Å². The van der Waals surface area contributed by atoms with Gasteiger partial charge in [0.25, 0.3) is 0 Å². The Hall–Kier alpha value is -1.98. The smallest absolute Gasteiger partial charge is 0.219 e. The highest BCUT2D eigenvalue weighted by atomic mass is 19.1. The van der Waals surface area contributed by atoms with Crippen LogP contribution in [-0.4, -0.2) is 43.1 Å². The van der Waals surface area contributed by atoms with Gasteiger partial charge in [0, 0.05) is 45.2 Å². The molecule has 0 aromatic heterocycles. The van der Waals surface area contributed by atoms with Gasteiger partial charge in [0.15, 0.2) is 11.6 Å². The summed E-state index contributed by atoms with van der Waals surface area (Å²) in [6.07, 6.45) is -0.106. The van der Waals surface area contributed by atoms with Crippen LogP contribution >= 0.6 is 0 Å². The number of anilines is 2. The summed E-state index contributed by atoms with van der Waals surface area (Å²) in [6.45, 7) is 7.91. The number of amides is 1. The monoisotopic (exact) mass is 295 g/mol. The summed E-state index contributed by atoms with van der Waals surface area (Å²) in [5.41, 5.74) is 7.08. The highest BCUT2D eigenvalue weighted by Gasteiger charge is 2.21. The van der Waals surface area contributed by atoms with Gasteiger partial charge in [-0.3, -0.25) is 4.79 Å². The lowest BCUT2D eigenvalue weighted by molar-refractivity contribution is -0.129. The van der Waals surface area contributed by atoms with Gasteiger partial charge in [0.2, 0.25) is 5.91 Å². The predicted octanol–water partition coefficient (Wildman–Crippen LogP) is 1.86. The number of nitrogen functional groups attached to an aromatic ring is 1. The fourth-order valence-corrected chi connectivity index (χ4v) is 2.44. The Balaban J connectivity index is 2.18. The lowest BCUT2D eigenvalue weighted by atomic mass is 10.2. The van der Waals surface area contributed by atoms with Gasteiger partial charge in [0.05, 0.1) is 17.5 Å². The Morgan fingerprint density at radius 3 is 2.43 bits per heavy atom. The van der Waals surface area contributed by atoms with Crippen molar-refractivity contribution in [1.29, 1.82) is 0 Å². The van der Waals surface area contributed by atoms with E-state index in [9.17, 15) is 9.18 Å². The Labute approximate surface area is 124 Å². The minimum absolute atomic E-state index is 0.0746. The van der Waals surface area contributed by atoms with Crippen molar-refractivity contribution in [3.8, 4) is 5.75 Å². The molecule has 1 saturated heterocycles. The summed E-state index contributed by atoms with van der Waals surface area (Å²) in [5, 5.41) is 0. The maximum atomic E-state index is 13.8. The Morgan fingerprint density at radius 1 is 1.29 bits per heavy atom. The molecule has 1 aliphatic rings. The van der Waals surface area contributed by atoms with Gasteiger partial charge in [-0.25, -0.2) is 4.39 Å². The minimum atomic E-state index is -0.452. The Kier molecular flexibility index (Phi) is 4.55. The van der Waals surface area contributed by atoms with Crippen molar-refractivity contribution in [3.63, 3.8) is 0 Å². The number of hydrogen-bond donors (Lipinski definition) is 1. The van der Waals surface area contributed by atoms with E-state index in [-0.39, 0.29) is 17.8 Å². The van der Waals surface area contributed by atoms with Crippen molar-refractivity contribution < 1.29 is 13.9 Å². The van der Waals surface area contributed by atoms with E-state index in [1.165, 1.54) is 6.07 Å². The second kappa shape index (κ2) is 6.20. The van der Waals surface area contributed by atoms with Crippen LogP contribution in [0.4, 0.5) is 15.8 Å². The maximum Gasteiger partial charge on any atom is 0.219 e. The van der Waals surface area contributed by atoms with E-state index in [0.29, 0.717) is 31.9 Å². The molecule has 0 aliphatic carbocycles. The minimum Gasteiger partial charge on any atom is -0.488 e. The summed E-state index contributed by atoms with van der Waals surface area (Å²) in [5.74, 6) is -0.166. The third-order valence-electron chi connectivity index (χ3n) is 3.51. The molecule has 0 bridgehead atoms. The quantitative estimate of drug-likeness (QED) is 0.865. The standard InChI is InChI=1S/C15H22FN3O2/c1-10(2)21-15-9-14(13(17)8-12(15)16)19-6-4-18(5-7-19)11(3)20/h8-10H,4-7,17H2,1-3H3. The summed E-state index contributed by atoms with van der Waals surface area (Å²) in [4.78, 5) is 15.2. The number of piperazine rings is 1. The SMILES string of the molecule is CC(=O)N1CCN(c2cc(OC(C)C)c(F)cc2N)CC1. The van der Waals surface area contributed by atoms with Crippen LogP contribution < -0.4 is 15.4 Å². The molecular weight excluding hydrogens is 273 g/mol. The van der Waals surface area contributed by atoms with Crippen LogP contribution in [0.25, 0.3) is 0 Å². The summed E-state index contributed by atoms with van der Waals surface area (Å²) in [7, 11) is 0. The fourth-order valence-electron chi connectivity index (χ4n) is 2.44. The van der Waals surface area contributed by atoms with E-state index < -0.39 is 5.82 Å². The number of benzene rings is 1. The van der Waals surface area contributed by atoms with Gasteiger partial charge in [-0.1, -0.05) is 0 Å². The van der Waals surface area contributed by atoms with E-state index in [4.69, 9.17) is 10.5 Å². The zero-order valence-corrected chi connectivity index (χ0v) is 12.7. The highest BCUT2D eigenvalue weighted by molar-refractivity contribution is 5.74. The fraction of sp³-hybridized carbons (Fsp3) is 0.533. The maximum absolute atomic E-state index is 13.8. The molecule has 116 valence electrons. The molecule has 0 radical (unpaired) electrons. The average molecular weight is 295 g/mol. The molecule has 1 fully saturated rings. The van der Waals surface area contributed by atoms with Crippen molar-refractivity contribution in [3.05, 3.63) is 17.9 Å². The molecule has 1 aromatic carbocycles. The van der Waals surface area contributed by atoms with Crippen molar-refractivity contribution in [2.24, 2.45) is 0 Å². The Morgan fingerprint density at radius 2 is 1.90 bits per heavy atom. The first-order chi connectivity index (χ1) is 9.88.